The smallest absolute Gasteiger partial charge is 0.344 e. The lowest BCUT2D eigenvalue weighted by Crippen LogP contribution is -2.23. The summed E-state index contributed by atoms with van der Waals surface area (Å²) in [5.41, 5.74) is 1.19. The molecule has 0 aliphatic heterocycles. The molecule has 0 aliphatic carbocycles. The SMILES string of the molecule is O=C(COC(=O)COc1c(I)cc(Cl)c2cccnc12)Nc1ccccc1. The van der Waals surface area contributed by atoms with Gasteiger partial charge in [0, 0.05) is 17.3 Å². The molecule has 0 atom stereocenters. The molecule has 0 radical (unpaired) electrons. The molecule has 0 saturated heterocycles. The third kappa shape index (κ3) is 5.08. The Morgan fingerprint density at radius 3 is 2.67 bits per heavy atom. The molecule has 8 heteroatoms. The van der Waals surface area contributed by atoms with Crippen molar-refractivity contribution in [1.82, 2.24) is 4.98 Å². The molecule has 6 nitrogen and oxygen atoms in total. The first-order valence-corrected chi connectivity index (χ1v) is 9.36. The Morgan fingerprint density at radius 2 is 1.89 bits per heavy atom. The number of carbonyl (C=O) groups excluding carboxylic acids is 2. The van der Waals surface area contributed by atoms with Crippen molar-refractivity contribution in [1.29, 1.82) is 0 Å². The number of ether oxygens (including phenoxy) is 2. The number of anilines is 1. The zero-order valence-electron chi connectivity index (χ0n) is 13.9. The van der Waals surface area contributed by atoms with Gasteiger partial charge in [0.2, 0.25) is 0 Å². The van der Waals surface area contributed by atoms with Gasteiger partial charge in [-0.1, -0.05) is 29.8 Å². The van der Waals surface area contributed by atoms with E-state index in [1.807, 2.05) is 12.1 Å². The van der Waals surface area contributed by atoms with E-state index in [1.54, 1.807) is 42.6 Å². The topological polar surface area (TPSA) is 77.5 Å². The summed E-state index contributed by atoms with van der Waals surface area (Å²) < 4.78 is 11.3. The maximum absolute atomic E-state index is 11.9. The number of aromatic nitrogens is 1. The molecule has 0 bridgehead atoms. The van der Waals surface area contributed by atoms with E-state index in [0.717, 1.165) is 8.96 Å². The summed E-state index contributed by atoms with van der Waals surface area (Å²) in [6, 6.07) is 14.2. The van der Waals surface area contributed by atoms with Crippen LogP contribution >= 0.6 is 34.2 Å². The Kier molecular flexibility index (Phi) is 6.46. The van der Waals surface area contributed by atoms with Gasteiger partial charge in [0.1, 0.15) is 5.52 Å². The molecule has 0 spiro atoms. The van der Waals surface area contributed by atoms with E-state index in [0.29, 0.717) is 22.0 Å². The Hall–Kier alpha value is -2.39. The third-order valence-corrected chi connectivity index (χ3v) is 4.62. The fraction of sp³-hybridized carbons (Fsp3) is 0.105. The minimum absolute atomic E-state index is 0.345. The van der Waals surface area contributed by atoms with Crippen LogP contribution in [0.4, 0.5) is 5.69 Å². The number of carbonyl (C=O) groups is 2. The molecular weight excluding hydrogens is 483 g/mol. The van der Waals surface area contributed by atoms with Crippen LogP contribution in [-0.2, 0) is 14.3 Å². The summed E-state index contributed by atoms with van der Waals surface area (Å²) in [6.07, 6.45) is 1.62. The predicted octanol–water partition coefficient (Wildman–Crippen LogP) is 4.05. The average molecular weight is 497 g/mol. The number of pyridine rings is 1. The molecule has 2 aromatic carbocycles. The second-order valence-electron chi connectivity index (χ2n) is 5.43. The van der Waals surface area contributed by atoms with Crippen molar-refractivity contribution >= 4 is 62.7 Å². The van der Waals surface area contributed by atoms with Gasteiger partial charge in [-0.15, -0.1) is 0 Å². The van der Waals surface area contributed by atoms with E-state index in [2.05, 4.69) is 32.9 Å². The molecule has 3 rings (SSSR count). The highest BCUT2D eigenvalue weighted by atomic mass is 127. The fourth-order valence-electron chi connectivity index (χ4n) is 2.32. The molecule has 1 amide bonds. The Bertz CT molecular complexity index is 982. The molecule has 0 unspecified atom stereocenters. The zero-order valence-corrected chi connectivity index (χ0v) is 16.9. The van der Waals surface area contributed by atoms with Gasteiger partial charge in [0.15, 0.2) is 19.0 Å². The summed E-state index contributed by atoms with van der Waals surface area (Å²) >= 11 is 8.27. The van der Waals surface area contributed by atoms with Gasteiger partial charge in [-0.3, -0.25) is 9.78 Å². The third-order valence-electron chi connectivity index (χ3n) is 3.51. The lowest BCUT2D eigenvalue weighted by Gasteiger charge is -2.12. The quantitative estimate of drug-likeness (QED) is 0.411. The van der Waals surface area contributed by atoms with Crippen molar-refractivity contribution in [2.75, 3.05) is 18.5 Å². The Balaban J connectivity index is 1.57. The van der Waals surface area contributed by atoms with Gasteiger partial charge in [-0.2, -0.15) is 0 Å². The highest BCUT2D eigenvalue weighted by Crippen LogP contribution is 2.34. The van der Waals surface area contributed by atoms with Gasteiger partial charge in [0.05, 0.1) is 8.59 Å². The standard InChI is InChI=1S/C19H14ClIN2O4/c20-14-9-15(21)19(18-13(14)7-4-8-22-18)27-11-17(25)26-10-16(24)23-12-5-2-1-3-6-12/h1-9H,10-11H2,(H,23,24). The summed E-state index contributed by atoms with van der Waals surface area (Å²) in [5, 5.41) is 3.91. The number of benzene rings is 2. The average Bonchev–Trinajstić information content (AvgIpc) is 2.67. The summed E-state index contributed by atoms with van der Waals surface area (Å²) in [5.74, 6) is -0.642. The fourth-order valence-corrected chi connectivity index (χ4v) is 3.49. The van der Waals surface area contributed by atoms with Crippen LogP contribution in [0.2, 0.25) is 5.02 Å². The first-order chi connectivity index (χ1) is 13.0. The number of nitrogens with one attached hydrogen (secondary N) is 1. The van der Waals surface area contributed by atoms with Gasteiger partial charge in [-0.05, 0) is 52.9 Å². The minimum atomic E-state index is -0.659. The number of rotatable bonds is 6. The number of esters is 1. The molecule has 27 heavy (non-hydrogen) atoms. The van der Waals surface area contributed by atoms with Gasteiger partial charge in [-0.25, -0.2) is 4.79 Å². The predicted molar refractivity (Wildman–Crippen MR) is 111 cm³/mol. The number of fused-ring (bicyclic) bond motifs is 1. The first-order valence-electron chi connectivity index (χ1n) is 7.90. The van der Waals surface area contributed by atoms with Crippen molar-refractivity contribution in [2.45, 2.75) is 0 Å². The van der Waals surface area contributed by atoms with Crippen LogP contribution in [0.15, 0.2) is 54.7 Å². The van der Waals surface area contributed by atoms with E-state index in [-0.39, 0.29) is 6.61 Å². The minimum Gasteiger partial charge on any atom is -0.478 e. The van der Waals surface area contributed by atoms with Crippen molar-refractivity contribution in [3.8, 4) is 5.75 Å². The summed E-state index contributed by atoms with van der Waals surface area (Å²) in [7, 11) is 0. The highest BCUT2D eigenvalue weighted by Gasteiger charge is 2.15. The number of hydrogen-bond donors (Lipinski definition) is 1. The summed E-state index contributed by atoms with van der Waals surface area (Å²) in [6.45, 7) is -0.740. The maximum Gasteiger partial charge on any atom is 0.344 e. The first kappa shape index (κ1) is 19.4. The number of nitrogens with zero attached hydrogens (tertiary/aromatic N) is 1. The van der Waals surface area contributed by atoms with Crippen LogP contribution in [0.25, 0.3) is 10.9 Å². The number of para-hydroxylation sites is 1. The number of amides is 1. The molecule has 0 fully saturated rings. The van der Waals surface area contributed by atoms with Crippen LogP contribution in [0.1, 0.15) is 0 Å². The van der Waals surface area contributed by atoms with Crippen molar-refractivity contribution in [3.63, 3.8) is 0 Å². The monoisotopic (exact) mass is 496 g/mol. The second-order valence-corrected chi connectivity index (χ2v) is 7.00. The van der Waals surface area contributed by atoms with Crippen molar-refractivity contribution in [3.05, 3.63) is 63.3 Å². The van der Waals surface area contributed by atoms with E-state index >= 15 is 0 Å². The van der Waals surface area contributed by atoms with Gasteiger partial charge >= 0.3 is 5.97 Å². The van der Waals surface area contributed by atoms with Crippen LogP contribution in [0.5, 0.6) is 5.75 Å². The second kappa shape index (κ2) is 9.01. The maximum atomic E-state index is 11.9. The Labute approximate surface area is 174 Å². The number of hydrogen-bond acceptors (Lipinski definition) is 5. The van der Waals surface area contributed by atoms with Crippen LogP contribution in [0, 0.1) is 3.57 Å². The molecule has 1 heterocycles. The van der Waals surface area contributed by atoms with E-state index in [9.17, 15) is 9.59 Å². The lowest BCUT2D eigenvalue weighted by atomic mass is 10.2. The lowest BCUT2D eigenvalue weighted by molar-refractivity contribution is -0.149. The van der Waals surface area contributed by atoms with Gasteiger partial charge in [0.25, 0.3) is 5.91 Å². The van der Waals surface area contributed by atoms with E-state index in [1.165, 1.54) is 0 Å². The van der Waals surface area contributed by atoms with E-state index in [4.69, 9.17) is 21.1 Å². The van der Waals surface area contributed by atoms with Crippen LogP contribution in [-0.4, -0.2) is 30.1 Å². The largest absolute Gasteiger partial charge is 0.478 e. The number of halogens is 2. The molecule has 1 aromatic heterocycles. The van der Waals surface area contributed by atoms with Crippen LogP contribution in [0.3, 0.4) is 0 Å². The van der Waals surface area contributed by atoms with Crippen molar-refractivity contribution < 1.29 is 19.1 Å². The highest BCUT2D eigenvalue weighted by molar-refractivity contribution is 14.1. The molecular formula is C19H14ClIN2O4. The molecule has 3 aromatic rings. The van der Waals surface area contributed by atoms with E-state index < -0.39 is 18.5 Å². The Morgan fingerprint density at radius 1 is 1.11 bits per heavy atom. The van der Waals surface area contributed by atoms with Gasteiger partial charge < -0.3 is 14.8 Å². The summed E-state index contributed by atoms with van der Waals surface area (Å²) in [4.78, 5) is 28.0. The molecule has 138 valence electrons. The molecule has 0 saturated carbocycles. The molecule has 0 aliphatic rings. The zero-order chi connectivity index (χ0) is 19.2. The molecule has 1 N–H and O–H groups in total. The normalized spacial score (nSPS) is 10.4. The van der Waals surface area contributed by atoms with Crippen molar-refractivity contribution in [2.24, 2.45) is 0 Å². The van der Waals surface area contributed by atoms with Crippen LogP contribution < -0.4 is 10.1 Å².